The number of allylic oxidation sites excluding steroid dienone is 1. The van der Waals surface area contributed by atoms with E-state index in [2.05, 4.69) is 89.8 Å². The van der Waals surface area contributed by atoms with E-state index in [9.17, 15) is 24.3 Å². The molecular formula is C61H100N2O17Si2. The van der Waals surface area contributed by atoms with Crippen molar-refractivity contribution in [3.63, 3.8) is 0 Å². The summed E-state index contributed by atoms with van der Waals surface area (Å²) in [6.07, 6.45) is 6.04. The van der Waals surface area contributed by atoms with Crippen molar-refractivity contribution >= 4 is 51.3 Å². The van der Waals surface area contributed by atoms with Crippen LogP contribution in [0.1, 0.15) is 110 Å². The SMILES string of the molecule is COCOc1cc(OC)cc(NC(=O)C[C@@H]2OC(C)(C)O[C@@H]2C(C)/C=C\[C@@H](C)C(C)C)c1C(=O)OCC[Si](C)(C)C.COCOc1cc(OC)cc(NC(=O)C[C@@H]2OC(C)(C)O[C@@H]2C(C)/C=C\[C@@H](C)[C@@H](C)O)c1C(=O)OCC[Si](C)(C)C. The first-order valence-electron chi connectivity index (χ1n) is 28.5. The van der Waals surface area contributed by atoms with Gasteiger partial charge in [0.15, 0.2) is 25.2 Å². The number of ether oxygens (including phenoxy) is 12. The van der Waals surface area contributed by atoms with Crippen LogP contribution in [0.3, 0.4) is 0 Å². The third-order valence-electron chi connectivity index (χ3n) is 13.9. The van der Waals surface area contributed by atoms with Gasteiger partial charge < -0.3 is 72.6 Å². The molecular weight excluding hydrogens is 1090 g/mol. The number of rotatable bonds is 30. The summed E-state index contributed by atoms with van der Waals surface area (Å²) in [5, 5.41) is 15.6. The summed E-state index contributed by atoms with van der Waals surface area (Å²) in [4.78, 5) is 53.4. The number of hydrogen-bond acceptors (Lipinski definition) is 17. The molecule has 464 valence electrons. The van der Waals surface area contributed by atoms with Crippen LogP contribution in [0.5, 0.6) is 23.0 Å². The van der Waals surface area contributed by atoms with E-state index in [1.807, 2.05) is 53.7 Å². The number of carbonyl (C=O) groups excluding carboxylic acids is 4. The Balaban J connectivity index is 0.000000430. The Labute approximate surface area is 491 Å². The van der Waals surface area contributed by atoms with Crippen molar-refractivity contribution in [2.75, 3.05) is 65.9 Å². The summed E-state index contributed by atoms with van der Waals surface area (Å²) >= 11 is 0. The van der Waals surface area contributed by atoms with Gasteiger partial charge in [0.2, 0.25) is 11.8 Å². The molecule has 0 bridgehead atoms. The van der Waals surface area contributed by atoms with Gasteiger partial charge in [0, 0.05) is 66.5 Å². The molecule has 2 saturated heterocycles. The van der Waals surface area contributed by atoms with Gasteiger partial charge in [0.05, 0.1) is 82.2 Å². The lowest BCUT2D eigenvalue weighted by Crippen LogP contribution is -2.32. The molecule has 0 saturated carbocycles. The number of aliphatic hydroxyl groups excluding tert-OH is 1. The summed E-state index contributed by atoms with van der Waals surface area (Å²) in [7, 11) is 3.06. The molecule has 2 heterocycles. The lowest BCUT2D eigenvalue weighted by molar-refractivity contribution is -0.150. The Morgan fingerprint density at radius 3 is 1.26 bits per heavy atom. The molecule has 2 aliphatic heterocycles. The Morgan fingerprint density at radius 1 is 0.573 bits per heavy atom. The van der Waals surface area contributed by atoms with Crippen molar-refractivity contribution in [1.82, 2.24) is 0 Å². The molecule has 0 aliphatic carbocycles. The zero-order chi connectivity index (χ0) is 61.9. The number of benzene rings is 2. The quantitative estimate of drug-likeness (QED) is 0.0286. The topological polar surface area (TPSA) is 223 Å². The second-order valence-electron chi connectivity index (χ2n) is 25.1. The monoisotopic (exact) mass is 1190 g/mol. The first kappa shape index (κ1) is 71.4. The minimum Gasteiger partial charge on any atom is -0.497 e. The molecule has 0 spiro atoms. The number of methoxy groups -OCH3 is 4. The number of anilines is 2. The third-order valence-corrected chi connectivity index (χ3v) is 17.3. The van der Waals surface area contributed by atoms with Crippen molar-refractivity contribution in [1.29, 1.82) is 0 Å². The van der Waals surface area contributed by atoms with Gasteiger partial charge in [0.25, 0.3) is 0 Å². The predicted molar refractivity (Wildman–Crippen MR) is 323 cm³/mol. The highest BCUT2D eigenvalue weighted by atomic mass is 28.3. The summed E-state index contributed by atoms with van der Waals surface area (Å²) in [6, 6.07) is 7.87. The van der Waals surface area contributed by atoms with Gasteiger partial charge in [-0.3, -0.25) is 9.59 Å². The molecule has 0 aromatic heterocycles. The van der Waals surface area contributed by atoms with Crippen LogP contribution >= 0.6 is 0 Å². The van der Waals surface area contributed by atoms with E-state index in [0.29, 0.717) is 23.3 Å². The molecule has 0 radical (unpaired) electrons. The summed E-state index contributed by atoms with van der Waals surface area (Å²) < 4.78 is 68.2. The van der Waals surface area contributed by atoms with Gasteiger partial charge in [-0.05, 0) is 64.5 Å². The van der Waals surface area contributed by atoms with E-state index in [1.54, 1.807) is 31.2 Å². The Hall–Kier alpha value is -4.85. The highest BCUT2D eigenvalue weighted by molar-refractivity contribution is 6.76. The third kappa shape index (κ3) is 24.0. The molecule has 2 fully saturated rings. The van der Waals surface area contributed by atoms with Crippen LogP contribution in [0.2, 0.25) is 51.4 Å². The van der Waals surface area contributed by atoms with Crippen molar-refractivity contribution in [2.24, 2.45) is 29.6 Å². The normalized spacial score (nSPS) is 20.5. The molecule has 2 aromatic carbocycles. The first-order chi connectivity index (χ1) is 38.1. The molecule has 21 heteroatoms. The van der Waals surface area contributed by atoms with E-state index in [0.717, 1.165) is 12.1 Å². The number of esters is 2. The average molecular weight is 1190 g/mol. The summed E-state index contributed by atoms with van der Waals surface area (Å²) in [5.41, 5.74) is 0.612. The first-order valence-corrected chi connectivity index (χ1v) is 35.9. The van der Waals surface area contributed by atoms with E-state index in [-0.39, 0.29) is 109 Å². The van der Waals surface area contributed by atoms with Gasteiger partial charge in [-0.15, -0.1) is 0 Å². The number of nitrogens with one attached hydrogen (secondary N) is 2. The number of amides is 2. The van der Waals surface area contributed by atoms with Crippen LogP contribution in [0.25, 0.3) is 0 Å². The van der Waals surface area contributed by atoms with Crippen molar-refractivity contribution in [3.05, 3.63) is 59.7 Å². The fraction of sp³-hybridized carbons (Fsp3) is 0.672. The zero-order valence-corrected chi connectivity index (χ0v) is 55.0. The van der Waals surface area contributed by atoms with Crippen LogP contribution in [-0.2, 0) is 47.5 Å². The highest BCUT2D eigenvalue weighted by Crippen LogP contribution is 2.39. The Kier molecular flexibility index (Phi) is 28.3. The second-order valence-corrected chi connectivity index (χ2v) is 36.3. The van der Waals surface area contributed by atoms with Crippen molar-refractivity contribution in [3.8, 4) is 23.0 Å². The largest absolute Gasteiger partial charge is 0.497 e. The Bertz CT molecular complexity index is 2270. The minimum atomic E-state index is -1.44. The molecule has 9 atom stereocenters. The van der Waals surface area contributed by atoms with E-state index in [4.69, 9.17) is 56.8 Å². The highest BCUT2D eigenvalue weighted by Gasteiger charge is 2.45. The molecule has 3 N–H and O–H groups in total. The zero-order valence-electron chi connectivity index (χ0n) is 53.0. The van der Waals surface area contributed by atoms with Crippen LogP contribution in [-0.4, -0.2) is 142 Å². The van der Waals surface area contributed by atoms with Gasteiger partial charge in [-0.2, -0.15) is 0 Å². The smallest absolute Gasteiger partial charge is 0.344 e. The van der Waals surface area contributed by atoms with Gasteiger partial charge in [0.1, 0.15) is 34.1 Å². The van der Waals surface area contributed by atoms with Crippen LogP contribution in [0.15, 0.2) is 48.6 Å². The summed E-state index contributed by atoms with van der Waals surface area (Å²) in [6.45, 7) is 35.1. The Morgan fingerprint density at radius 2 is 0.939 bits per heavy atom. The van der Waals surface area contributed by atoms with Gasteiger partial charge in [-0.25, -0.2) is 9.59 Å². The molecule has 2 aliphatic rings. The van der Waals surface area contributed by atoms with Gasteiger partial charge >= 0.3 is 11.9 Å². The number of aliphatic hydroxyl groups is 1. The van der Waals surface area contributed by atoms with Crippen LogP contribution in [0.4, 0.5) is 11.4 Å². The standard InChI is InChI=1S/C31H51NO8Si.C30H49NO9Si/c1-20(2)21(3)12-13-22(4)29-26(39-31(5,6)40-29)18-27(33)32-24-16-23(36-8)17-25(38-19-35-7)28(24)30(34)37-14-15-41(9,10)11;1-19(21(3)32)11-12-20(2)28-25(39-30(4,5)40-28)17-26(33)31-23-15-22(36-7)16-24(38-18-35-6)27(23)29(34)37-13-14-41(8,9)10/h12-13,16-17,20-22,26,29H,14-15,18-19H2,1-11H3,(H,32,33);11-12,15-16,19-21,25,28,32H,13-14,17-18H2,1-10H3,(H,31,33)/b13-12-;12-11-/t21-,22?,26+,29-;19-,20?,21-,25+,28-/m11/s1. The lowest BCUT2D eigenvalue weighted by atomic mass is 9.92. The summed E-state index contributed by atoms with van der Waals surface area (Å²) in [5.74, 6) is -1.62. The van der Waals surface area contributed by atoms with E-state index >= 15 is 0 Å². The van der Waals surface area contributed by atoms with Gasteiger partial charge in [-0.1, -0.05) is 105 Å². The fourth-order valence-corrected chi connectivity index (χ4v) is 9.98. The maximum absolute atomic E-state index is 13.4. The molecule has 82 heavy (non-hydrogen) atoms. The molecule has 2 unspecified atom stereocenters. The number of hydrogen-bond donors (Lipinski definition) is 3. The predicted octanol–water partition coefficient (Wildman–Crippen LogP) is 11.7. The molecule has 2 aromatic rings. The maximum atomic E-state index is 13.4. The van der Waals surface area contributed by atoms with Crippen LogP contribution < -0.4 is 29.6 Å². The van der Waals surface area contributed by atoms with E-state index < -0.39 is 64.1 Å². The second kappa shape index (κ2) is 32.4. The van der Waals surface area contributed by atoms with Crippen LogP contribution in [0, 0.1) is 29.6 Å². The molecule has 4 rings (SSSR count). The fourth-order valence-electron chi connectivity index (χ4n) is 8.56. The maximum Gasteiger partial charge on any atom is 0.344 e. The minimum absolute atomic E-state index is 0.0200. The van der Waals surface area contributed by atoms with E-state index in [1.165, 1.54) is 28.4 Å². The molecule has 2 amide bonds. The average Bonchev–Trinajstić information content (AvgIpc) is 4.08. The van der Waals surface area contributed by atoms with Crippen molar-refractivity contribution in [2.45, 2.75) is 182 Å². The van der Waals surface area contributed by atoms with Crippen molar-refractivity contribution < 1.29 is 81.1 Å². The molecule has 19 nitrogen and oxygen atoms in total. The number of carbonyl (C=O) groups is 4. The lowest BCUT2D eigenvalue weighted by Gasteiger charge is -2.22.